The van der Waals surface area contributed by atoms with E-state index >= 15 is 0 Å². The minimum atomic E-state index is 0.447. The second-order valence-corrected chi connectivity index (χ2v) is 4.99. The Balaban J connectivity index is 2.55. The molecule has 0 aliphatic carbocycles. The minimum absolute atomic E-state index is 0.447. The van der Waals surface area contributed by atoms with Crippen molar-refractivity contribution in [2.45, 2.75) is 13.8 Å². The number of benzene rings is 1. The van der Waals surface area contributed by atoms with Gasteiger partial charge in [-0.05, 0) is 42.0 Å². The first kappa shape index (κ1) is 14.6. The Morgan fingerprint density at radius 1 is 1.39 bits per heavy atom. The molecule has 1 rings (SSSR count). The number of amidine groups is 1. The molecule has 98 valence electrons. The highest BCUT2D eigenvalue weighted by Crippen LogP contribution is 2.12. The van der Waals surface area contributed by atoms with Gasteiger partial charge in [0.1, 0.15) is 5.75 Å². The van der Waals surface area contributed by atoms with Crippen LogP contribution in [0, 0.1) is 5.92 Å². The van der Waals surface area contributed by atoms with Crippen molar-refractivity contribution >= 4 is 23.1 Å². The molecule has 0 aromatic heterocycles. The van der Waals surface area contributed by atoms with Crippen molar-refractivity contribution in [1.82, 2.24) is 0 Å². The molecule has 1 aromatic rings. The summed E-state index contributed by atoms with van der Waals surface area (Å²) >= 11 is 1.37. The predicted molar refractivity (Wildman–Crippen MR) is 79.5 cm³/mol. The van der Waals surface area contributed by atoms with E-state index in [-0.39, 0.29) is 0 Å². The molecule has 0 aliphatic rings. The SMILES string of the molecule is CS/C(N)=N/N=C\c1ccc(OCC(C)C)cc1. The molecule has 0 aliphatic heterocycles. The van der Waals surface area contributed by atoms with Crippen LogP contribution >= 0.6 is 11.8 Å². The molecule has 4 nitrogen and oxygen atoms in total. The molecular weight excluding hydrogens is 246 g/mol. The molecule has 2 N–H and O–H groups in total. The quantitative estimate of drug-likeness (QED) is 0.506. The minimum Gasteiger partial charge on any atom is -0.493 e. The Morgan fingerprint density at radius 2 is 2.06 bits per heavy atom. The van der Waals surface area contributed by atoms with Crippen molar-refractivity contribution in [2.24, 2.45) is 21.9 Å². The molecule has 0 amide bonds. The molecule has 1 aromatic carbocycles. The Kier molecular flexibility index (Phi) is 6.28. The lowest BCUT2D eigenvalue weighted by molar-refractivity contribution is 0.271. The lowest BCUT2D eigenvalue weighted by atomic mass is 10.2. The summed E-state index contributed by atoms with van der Waals surface area (Å²) < 4.78 is 5.59. The fourth-order valence-corrected chi connectivity index (χ4v) is 1.24. The first-order chi connectivity index (χ1) is 8.61. The van der Waals surface area contributed by atoms with Crippen LogP contribution in [0.3, 0.4) is 0 Å². The average molecular weight is 265 g/mol. The molecule has 0 unspecified atom stereocenters. The molecular formula is C13H19N3OS. The molecule has 0 radical (unpaired) electrons. The highest BCUT2D eigenvalue weighted by atomic mass is 32.2. The number of thioether (sulfide) groups is 1. The van der Waals surface area contributed by atoms with Crippen molar-refractivity contribution in [3.05, 3.63) is 29.8 Å². The monoisotopic (exact) mass is 265 g/mol. The standard InChI is InChI=1S/C13H19N3OS/c1-10(2)9-17-12-6-4-11(5-7-12)8-15-16-13(14)18-3/h4-8,10H,9H2,1-3H3,(H2,14,16)/b15-8-. The second kappa shape index (κ2) is 7.76. The fourth-order valence-electron chi connectivity index (χ4n) is 1.11. The largest absolute Gasteiger partial charge is 0.493 e. The molecule has 0 saturated heterocycles. The molecule has 18 heavy (non-hydrogen) atoms. The zero-order valence-electron chi connectivity index (χ0n) is 11.0. The third kappa shape index (κ3) is 5.72. The van der Waals surface area contributed by atoms with Gasteiger partial charge < -0.3 is 10.5 Å². The third-order valence-electron chi connectivity index (χ3n) is 2.04. The third-order valence-corrected chi connectivity index (χ3v) is 2.54. The molecule has 0 heterocycles. The van der Waals surface area contributed by atoms with Crippen LogP contribution in [0.1, 0.15) is 19.4 Å². The van der Waals surface area contributed by atoms with Gasteiger partial charge >= 0.3 is 0 Å². The number of ether oxygens (including phenoxy) is 1. The number of rotatable bonds is 5. The van der Waals surface area contributed by atoms with Crippen molar-refractivity contribution in [3.8, 4) is 5.75 Å². The van der Waals surface area contributed by atoms with Crippen LogP contribution in [0.25, 0.3) is 0 Å². The molecule has 0 spiro atoms. The van der Waals surface area contributed by atoms with Crippen LogP contribution in [0.15, 0.2) is 34.5 Å². The van der Waals surface area contributed by atoms with E-state index in [1.807, 2.05) is 30.5 Å². The van der Waals surface area contributed by atoms with Crippen LogP contribution < -0.4 is 10.5 Å². The van der Waals surface area contributed by atoms with Gasteiger partial charge in [0.15, 0.2) is 5.17 Å². The van der Waals surface area contributed by atoms with Crippen LogP contribution in [-0.2, 0) is 0 Å². The van der Waals surface area contributed by atoms with Crippen molar-refractivity contribution in [2.75, 3.05) is 12.9 Å². The van der Waals surface area contributed by atoms with E-state index in [1.54, 1.807) is 6.21 Å². The smallest absolute Gasteiger partial charge is 0.180 e. The van der Waals surface area contributed by atoms with E-state index in [1.165, 1.54) is 11.8 Å². The zero-order valence-corrected chi connectivity index (χ0v) is 11.8. The Labute approximate surface area is 112 Å². The van der Waals surface area contributed by atoms with Gasteiger partial charge in [0, 0.05) is 0 Å². The van der Waals surface area contributed by atoms with Gasteiger partial charge in [-0.15, -0.1) is 5.10 Å². The van der Waals surface area contributed by atoms with Crippen LogP contribution in [0.2, 0.25) is 0 Å². The normalized spacial score (nSPS) is 12.3. The van der Waals surface area contributed by atoms with Crippen molar-refractivity contribution in [3.63, 3.8) is 0 Å². The average Bonchev–Trinajstić information content (AvgIpc) is 2.37. The maximum absolute atomic E-state index is 5.59. The summed E-state index contributed by atoms with van der Waals surface area (Å²) in [5, 5.41) is 8.16. The Hall–Kier alpha value is -1.49. The Bertz CT molecular complexity index is 413. The summed E-state index contributed by atoms with van der Waals surface area (Å²) in [6, 6.07) is 7.71. The summed E-state index contributed by atoms with van der Waals surface area (Å²) in [5.74, 6) is 1.39. The second-order valence-electron chi connectivity index (χ2n) is 4.16. The van der Waals surface area contributed by atoms with Crippen LogP contribution in [0.5, 0.6) is 5.75 Å². The van der Waals surface area contributed by atoms with Gasteiger partial charge in [-0.1, -0.05) is 25.6 Å². The summed E-state index contributed by atoms with van der Waals surface area (Å²) in [6.07, 6.45) is 3.52. The van der Waals surface area contributed by atoms with E-state index in [0.29, 0.717) is 11.1 Å². The predicted octanol–water partition coefficient (Wildman–Crippen LogP) is 2.73. The number of hydrogen-bond donors (Lipinski definition) is 1. The number of nitrogens with two attached hydrogens (primary N) is 1. The van der Waals surface area contributed by atoms with Crippen molar-refractivity contribution < 1.29 is 4.74 Å². The Morgan fingerprint density at radius 3 is 2.61 bits per heavy atom. The van der Waals surface area contributed by atoms with Crippen LogP contribution in [-0.4, -0.2) is 24.2 Å². The van der Waals surface area contributed by atoms with E-state index in [0.717, 1.165) is 17.9 Å². The highest BCUT2D eigenvalue weighted by Gasteiger charge is 1.96. The van der Waals surface area contributed by atoms with Crippen molar-refractivity contribution in [1.29, 1.82) is 0 Å². The zero-order chi connectivity index (χ0) is 13.4. The van der Waals surface area contributed by atoms with E-state index in [9.17, 15) is 0 Å². The van der Waals surface area contributed by atoms with E-state index < -0.39 is 0 Å². The molecule has 5 heteroatoms. The highest BCUT2D eigenvalue weighted by molar-refractivity contribution is 8.13. The lowest BCUT2D eigenvalue weighted by Gasteiger charge is -2.08. The van der Waals surface area contributed by atoms with Gasteiger partial charge in [-0.25, -0.2) is 0 Å². The molecule has 0 saturated carbocycles. The van der Waals surface area contributed by atoms with Gasteiger partial charge in [-0.3, -0.25) is 0 Å². The fraction of sp³-hybridized carbons (Fsp3) is 0.385. The van der Waals surface area contributed by atoms with Gasteiger partial charge in [0.2, 0.25) is 0 Å². The van der Waals surface area contributed by atoms with Gasteiger partial charge in [0.05, 0.1) is 12.8 Å². The molecule has 0 fully saturated rings. The lowest BCUT2D eigenvalue weighted by Crippen LogP contribution is -2.04. The summed E-state index contributed by atoms with van der Waals surface area (Å²) in [4.78, 5) is 0. The topological polar surface area (TPSA) is 60.0 Å². The molecule has 0 atom stereocenters. The first-order valence-corrected chi connectivity index (χ1v) is 6.97. The molecule has 0 bridgehead atoms. The summed E-state index contributed by atoms with van der Waals surface area (Å²) in [7, 11) is 0. The summed E-state index contributed by atoms with van der Waals surface area (Å²) in [5.41, 5.74) is 6.47. The van der Waals surface area contributed by atoms with Gasteiger partial charge in [-0.2, -0.15) is 5.10 Å². The van der Waals surface area contributed by atoms with E-state index in [4.69, 9.17) is 10.5 Å². The maximum atomic E-state index is 5.59. The summed E-state index contributed by atoms with van der Waals surface area (Å²) in [6.45, 7) is 4.96. The number of nitrogens with zero attached hydrogens (tertiary/aromatic N) is 2. The first-order valence-electron chi connectivity index (χ1n) is 5.75. The maximum Gasteiger partial charge on any atom is 0.180 e. The van der Waals surface area contributed by atoms with Gasteiger partial charge in [0.25, 0.3) is 0 Å². The number of hydrogen-bond acceptors (Lipinski definition) is 4. The van der Waals surface area contributed by atoms with E-state index in [2.05, 4.69) is 24.1 Å². The van der Waals surface area contributed by atoms with Crippen LogP contribution in [0.4, 0.5) is 0 Å².